The molecule has 0 aliphatic heterocycles. The summed E-state index contributed by atoms with van der Waals surface area (Å²) in [5.41, 5.74) is 5.80. The predicted octanol–water partition coefficient (Wildman–Crippen LogP) is 5.32. The van der Waals surface area contributed by atoms with Crippen LogP contribution in [0.25, 0.3) is 11.1 Å². The van der Waals surface area contributed by atoms with Gasteiger partial charge in [0.15, 0.2) is 6.10 Å². The quantitative estimate of drug-likeness (QED) is 0.416. The molecule has 0 saturated heterocycles. The van der Waals surface area contributed by atoms with Gasteiger partial charge in [-0.25, -0.2) is 4.79 Å². The van der Waals surface area contributed by atoms with E-state index in [2.05, 4.69) is 24.3 Å². The largest absolute Gasteiger partial charge is 0.497 e. The van der Waals surface area contributed by atoms with E-state index in [4.69, 9.17) is 18.9 Å². The first-order chi connectivity index (χ1) is 16.5. The van der Waals surface area contributed by atoms with Crippen molar-refractivity contribution in [1.29, 1.82) is 0 Å². The molecule has 178 valence electrons. The van der Waals surface area contributed by atoms with Crippen LogP contribution in [0.4, 0.5) is 0 Å². The number of hydrogen-bond acceptors (Lipinski definition) is 5. The van der Waals surface area contributed by atoms with Gasteiger partial charge in [0.05, 0.1) is 20.8 Å². The summed E-state index contributed by atoms with van der Waals surface area (Å²) in [5, 5.41) is 9.28. The maximum Gasteiger partial charge on any atom is 0.333 e. The molecular formula is C28H30O6. The third kappa shape index (κ3) is 5.02. The van der Waals surface area contributed by atoms with Crippen LogP contribution >= 0.6 is 0 Å². The van der Waals surface area contributed by atoms with Crippen molar-refractivity contribution in [3.63, 3.8) is 0 Å². The maximum atomic E-state index is 11.3. The van der Waals surface area contributed by atoms with Gasteiger partial charge in [0, 0.05) is 18.9 Å². The van der Waals surface area contributed by atoms with Crippen LogP contribution in [-0.4, -0.2) is 44.6 Å². The van der Waals surface area contributed by atoms with E-state index in [0.29, 0.717) is 19.6 Å². The van der Waals surface area contributed by atoms with Crippen LogP contribution in [0.1, 0.15) is 36.0 Å². The van der Waals surface area contributed by atoms with Gasteiger partial charge in [-0.05, 0) is 77.6 Å². The standard InChI is InChI=1S/C28H30O6/c1-4-33-27(28(29)30)15-18-5-7-19(8-6-18)34-14-13-24-25-16-20(31-2)9-11-22(25)23-12-10-21(32-3)17-26(23)24/h5-12,16-17,24,27H,4,13-15H2,1-3H3,(H,29,30). The predicted molar refractivity (Wildman–Crippen MR) is 130 cm³/mol. The Hall–Kier alpha value is -3.51. The number of carboxylic acids is 1. The smallest absolute Gasteiger partial charge is 0.333 e. The zero-order valence-corrected chi connectivity index (χ0v) is 19.7. The average molecular weight is 463 g/mol. The van der Waals surface area contributed by atoms with Gasteiger partial charge in [0.25, 0.3) is 0 Å². The van der Waals surface area contributed by atoms with Crippen LogP contribution in [0, 0.1) is 0 Å². The average Bonchev–Trinajstić information content (AvgIpc) is 3.16. The number of rotatable bonds is 11. The molecule has 0 saturated carbocycles. The van der Waals surface area contributed by atoms with E-state index in [-0.39, 0.29) is 5.92 Å². The SMILES string of the molecule is CCOC(Cc1ccc(OCCC2c3cc(OC)ccc3-c3ccc(OC)cc32)cc1)C(=O)O. The Labute approximate surface area is 200 Å². The molecule has 0 amide bonds. The van der Waals surface area contributed by atoms with Crippen molar-refractivity contribution in [3.8, 4) is 28.4 Å². The van der Waals surface area contributed by atoms with Crippen LogP contribution in [0.3, 0.4) is 0 Å². The number of fused-ring (bicyclic) bond motifs is 3. The van der Waals surface area contributed by atoms with Crippen molar-refractivity contribution in [2.45, 2.75) is 31.8 Å². The molecule has 3 aromatic carbocycles. The Kier molecular flexibility index (Phi) is 7.38. The Morgan fingerprint density at radius 3 is 1.94 bits per heavy atom. The first-order valence-corrected chi connectivity index (χ1v) is 11.5. The summed E-state index contributed by atoms with van der Waals surface area (Å²) < 4.78 is 22.3. The second kappa shape index (κ2) is 10.6. The van der Waals surface area contributed by atoms with Crippen LogP contribution < -0.4 is 14.2 Å². The first-order valence-electron chi connectivity index (χ1n) is 11.5. The van der Waals surface area contributed by atoms with E-state index in [1.165, 1.54) is 22.3 Å². The molecule has 3 aromatic rings. The molecule has 0 radical (unpaired) electrons. The van der Waals surface area contributed by atoms with E-state index < -0.39 is 12.1 Å². The van der Waals surface area contributed by atoms with E-state index in [9.17, 15) is 9.90 Å². The number of ether oxygens (including phenoxy) is 4. The van der Waals surface area contributed by atoms with Crippen LogP contribution in [-0.2, 0) is 16.0 Å². The molecule has 1 aliphatic rings. The van der Waals surface area contributed by atoms with Crippen molar-refractivity contribution in [1.82, 2.24) is 0 Å². The number of benzene rings is 3. The highest BCUT2D eigenvalue weighted by Gasteiger charge is 2.29. The fraction of sp³-hybridized carbons (Fsp3) is 0.321. The fourth-order valence-corrected chi connectivity index (χ4v) is 4.53. The Bertz CT molecular complexity index is 1080. The van der Waals surface area contributed by atoms with Gasteiger partial charge >= 0.3 is 5.97 Å². The lowest BCUT2D eigenvalue weighted by molar-refractivity contribution is -0.149. The molecule has 0 spiro atoms. The van der Waals surface area contributed by atoms with Crippen molar-refractivity contribution < 1.29 is 28.8 Å². The minimum atomic E-state index is -0.951. The lowest BCUT2D eigenvalue weighted by atomic mass is 9.93. The Morgan fingerprint density at radius 2 is 1.44 bits per heavy atom. The van der Waals surface area contributed by atoms with E-state index in [1.54, 1.807) is 21.1 Å². The summed E-state index contributed by atoms with van der Waals surface area (Å²) in [6, 6.07) is 20.0. The van der Waals surface area contributed by atoms with Crippen molar-refractivity contribution in [2.24, 2.45) is 0 Å². The molecule has 0 fully saturated rings. The summed E-state index contributed by atoms with van der Waals surface area (Å²) in [5.74, 6) is 1.66. The summed E-state index contributed by atoms with van der Waals surface area (Å²) in [6.07, 6.45) is 0.282. The third-order valence-corrected chi connectivity index (χ3v) is 6.22. The van der Waals surface area contributed by atoms with Crippen molar-refractivity contribution in [3.05, 3.63) is 77.4 Å². The molecule has 1 atom stereocenters. The van der Waals surface area contributed by atoms with Gasteiger partial charge in [-0.3, -0.25) is 0 Å². The lowest BCUT2D eigenvalue weighted by Crippen LogP contribution is -2.26. The molecule has 0 bridgehead atoms. The molecule has 1 N–H and O–H groups in total. The van der Waals surface area contributed by atoms with E-state index >= 15 is 0 Å². The number of aliphatic carboxylic acids is 1. The molecule has 1 aliphatic carbocycles. The van der Waals surface area contributed by atoms with E-state index in [0.717, 1.165) is 29.2 Å². The highest BCUT2D eigenvalue weighted by molar-refractivity contribution is 5.80. The molecule has 6 heteroatoms. The summed E-state index contributed by atoms with van der Waals surface area (Å²) in [4.78, 5) is 11.3. The molecule has 1 unspecified atom stereocenters. The lowest BCUT2D eigenvalue weighted by Gasteiger charge is -2.16. The normalized spacial score (nSPS) is 13.1. The molecular weight excluding hydrogens is 432 g/mol. The van der Waals surface area contributed by atoms with Crippen LogP contribution in [0.15, 0.2) is 60.7 Å². The minimum absolute atomic E-state index is 0.178. The Morgan fingerprint density at radius 1 is 0.882 bits per heavy atom. The topological polar surface area (TPSA) is 74.2 Å². The molecule has 0 aromatic heterocycles. The number of carbonyl (C=O) groups is 1. The number of carboxylic acid groups (broad SMARTS) is 1. The summed E-state index contributed by atoms with van der Waals surface area (Å²) >= 11 is 0. The Balaban J connectivity index is 1.45. The van der Waals surface area contributed by atoms with Crippen LogP contribution in [0.2, 0.25) is 0 Å². The van der Waals surface area contributed by atoms with Gasteiger partial charge in [0.1, 0.15) is 17.2 Å². The zero-order chi connectivity index (χ0) is 24.1. The summed E-state index contributed by atoms with van der Waals surface area (Å²) in [7, 11) is 3.36. The second-order valence-corrected chi connectivity index (χ2v) is 8.23. The highest BCUT2D eigenvalue weighted by atomic mass is 16.5. The van der Waals surface area contributed by atoms with Gasteiger partial charge < -0.3 is 24.1 Å². The highest BCUT2D eigenvalue weighted by Crippen LogP contribution is 2.48. The third-order valence-electron chi connectivity index (χ3n) is 6.22. The first kappa shape index (κ1) is 23.6. The molecule has 34 heavy (non-hydrogen) atoms. The summed E-state index contributed by atoms with van der Waals surface area (Å²) in [6.45, 7) is 2.69. The van der Waals surface area contributed by atoms with Gasteiger partial charge in [-0.2, -0.15) is 0 Å². The zero-order valence-electron chi connectivity index (χ0n) is 19.7. The fourth-order valence-electron chi connectivity index (χ4n) is 4.53. The van der Waals surface area contributed by atoms with Gasteiger partial charge in [-0.1, -0.05) is 24.3 Å². The maximum absolute atomic E-state index is 11.3. The number of methoxy groups -OCH3 is 2. The van der Waals surface area contributed by atoms with E-state index in [1.807, 2.05) is 36.4 Å². The monoisotopic (exact) mass is 462 g/mol. The second-order valence-electron chi connectivity index (χ2n) is 8.23. The number of hydrogen-bond donors (Lipinski definition) is 1. The molecule has 4 rings (SSSR count). The van der Waals surface area contributed by atoms with Gasteiger partial charge in [-0.15, -0.1) is 0 Å². The van der Waals surface area contributed by atoms with Crippen LogP contribution in [0.5, 0.6) is 17.2 Å². The van der Waals surface area contributed by atoms with Crippen molar-refractivity contribution >= 4 is 5.97 Å². The molecule has 6 nitrogen and oxygen atoms in total. The molecule has 0 heterocycles. The van der Waals surface area contributed by atoms with Crippen molar-refractivity contribution in [2.75, 3.05) is 27.4 Å². The minimum Gasteiger partial charge on any atom is -0.497 e. The van der Waals surface area contributed by atoms with Gasteiger partial charge in [0.2, 0.25) is 0 Å².